The minimum Gasteiger partial charge on any atom is -0.495 e. The molecule has 0 fully saturated rings. The zero-order valence-corrected chi connectivity index (χ0v) is 11.9. The highest BCUT2D eigenvalue weighted by atomic mass is 32.1. The fourth-order valence-electron chi connectivity index (χ4n) is 1.96. The molecule has 21 heavy (non-hydrogen) atoms. The Morgan fingerprint density at radius 2 is 2.10 bits per heavy atom. The molecule has 106 valence electrons. The summed E-state index contributed by atoms with van der Waals surface area (Å²) in [7, 11) is 1.52. The molecule has 0 saturated heterocycles. The fourth-order valence-corrected chi connectivity index (χ4v) is 2.73. The van der Waals surface area contributed by atoms with Gasteiger partial charge in [0, 0.05) is 27.9 Å². The van der Waals surface area contributed by atoms with Crippen molar-refractivity contribution in [3.8, 4) is 5.75 Å². The van der Waals surface area contributed by atoms with Gasteiger partial charge < -0.3 is 14.5 Å². The van der Waals surface area contributed by atoms with Gasteiger partial charge in [0.2, 0.25) is 0 Å². The lowest BCUT2D eigenvalue weighted by atomic mass is 10.2. The first-order valence-corrected chi connectivity index (χ1v) is 7.07. The lowest BCUT2D eigenvalue weighted by molar-refractivity contribution is 0.102. The molecule has 0 saturated carbocycles. The van der Waals surface area contributed by atoms with Crippen molar-refractivity contribution in [2.75, 3.05) is 12.4 Å². The average Bonchev–Trinajstić information content (AvgIpc) is 2.96. The highest BCUT2D eigenvalue weighted by Gasteiger charge is 2.13. The molecule has 0 aliphatic rings. The van der Waals surface area contributed by atoms with Gasteiger partial charge in [0.1, 0.15) is 11.3 Å². The molecule has 1 aromatic carbocycles. The summed E-state index contributed by atoms with van der Waals surface area (Å²) in [5, 5.41) is 7.03. The Morgan fingerprint density at radius 3 is 2.90 bits per heavy atom. The second kappa shape index (κ2) is 5.41. The van der Waals surface area contributed by atoms with E-state index in [2.05, 4.69) is 5.32 Å². The van der Waals surface area contributed by atoms with Crippen molar-refractivity contribution in [2.24, 2.45) is 0 Å². The molecule has 0 spiro atoms. The molecule has 0 radical (unpaired) electrons. The SMILES string of the molecule is COc1cscc1C(=O)Nc1ccc2oc(=O)ccc2c1. The Bertz CT molecular complexity index is 865. The van der Waals surface area contributed by atoms with Crippen LogP contribution in [0.15, 0.2) is 50.3 Å². The summed E-state index contributed by atoms with van der Waals surface area (Å²) in [5.74, 6) is 0.300. The van der Waals surface area contributed by atoms with E-state index in [0.29, 0.717) is 22.6 Å². The lowest BCUT2D eigenvalue weighted by Crippen LogP contribution is -2.11. The van der Waals surface area contributed by atoms with Crippen LogP contribution in [-0.2, 0) is 0 Å². The second-order valence-corrected chi connectivity index (χ2v) is 5.06. The predicted octanol–water partition coefficient (Wildman–Crippen LogP) is 3.12. The van der Waals surface area contributed by atoms with Crippen LogP contribution in [0.25, 0.3) is 11.0 Å². The molecule has 0 aliphatic heterocycles. The zero-order valence-electron chi connectivity index (χ0n) is 11.1. The summed E-state index contributed by atoms with van der Waals surface area (Å²) < 4.78 is 10.2. The Balaban J connectivity index is 1.89. The molecule has 5 nitrogen and oxygen atoms in total. The zero-order chi connectivity index (χ0) is 14.8. The largest absolute Gasteiger partial charge is 0.495 e. The van der Waals surface area contributed by atoms with Crippen LogP contribution >= 0.6 is 11.3 Å². The maximum atomic E-state index is 12.2. The van der Waals surface area contributed by atoms with E-state index in [1.54, 1.807) is 35.0 Å². The van der Waals surface area contributed by atoms with Gasteiger partial charge in [-0.05, 0) is 24.3 Å². The molecular weight excluding hydrogens is 290 g/mol. The van der Waals surface area contributed by atoms with E-state index in [4.69, 9.17) is 9.15 Å². The molecule has 1 N–H and O–H groups in total. The van der Waals surface area contributed by atoms with Crippen molar-refractivity contribution >= 4 is 33.9 Å². The first-order chi connectivity index (χ1) is 10.2. The summed E-state index contributed by atoms with van der Waals surface area (Å²) >= 11 is 1.40. The van der Waals surface area contributed by atoms with Gasteiger partial charge >= 0.3 is 5.63 Å². The molecule has 2 aromatic heterocycles. The van der Waals surface area contributed by atoms with Gasteiger partial charge in [-0.25, -0.2) is 4.79 Å². The Hall–Kier alpha value is -2.60. The van der Waals surface area contributed by atoms with E-state index in [9.17, 15) is 9.59 Å². The third-order valence-corrected chi connectivity index (χ3v) is 3.69. The lowest BCUT2D eigenvalue weighted by Gasteiger charge is -2.06. The molecule has 1 amide bonds. The van der Waals surface area contributed by atoms with Crippen molar-refractivity contribution in [1.29, 1.82) is 0 Å². The van der Waals surface area contributed by atoms with Crippen LogP contribution in [-0.4, -0.2) is 13.0 Å². The number of nitrogens with one attached hydrogen (secondary N) is 1. The summed E-state index contributed by atoms with van der Waals surface area (Å²) in [4.78, 5) is 23.3. The highest BCUT2D eigenvalue weighted by Crippen LogP contribution is 2.25. The quantitative estimate of drug-likeness (QED) is 0.755. The second-order valence-electron chi connectivity index (χ2n) is 4.31. The standard InChI is InChI=1S/C15H11NO4S/c1-19-13-8-21-7-11(13)15(18)16-10-3-4-12-9(6-10)2-5-14(17)20-12/h2-8H,1H3,(H,16,18). The van der Waals surface area contributed by atoms with Gasteiger partial charge in [-0.1, -0.05) is 0 Å². The van der Waals surface area contributed by atoms with Gasteiger partial charge in [-0.15, -0.1) is 11.3 Å². The molecule has 0 unspecified atom stereocenters. The molecular formula is C15H11NO4S. The number of hydrogen-bond donors (Lipinski definition) is 1. The van der Waals surface area contributed by atoms with Crippen molar-refractivity contribution in [2.45, 2.75) is 0 Å². The Morgan fingerprint density at radius 1 is 1.24 bits per heavy atom. The third kappa shape index (κ3) is 2.66. The molecule has 0 aliphatic carbocycles. The van der Waals surface area contributed by atoms with E-state index in [1.165, 1.54) is 24.5 Å². The van der Waals surface area contributed by atoms with Crippen LogP contribution in [0.4, 0.5) is 5.69 Å². The van der Waals surface area contributed by atoms with Gasteiger partial charge in [-0.2, -0.15) is 0 Å². The molecule has 3 rings (SSSR count). The number of rotatable bonds is 3. The van der Waals surface area contributed by atoms with Crippen LogP contribution in [0.1, 0.15) is 10.4 Å². The number of benzene rings is 1. The first kappa shape index (κ1) is 13.4. The van der Waals surface area contributed by atoms with E-state index >= 15 is 0 Å². The number of carbonyl (C=O) groups is 1. The third-order valence-electron chi connectivity index (χ3n) is 2.97. The fraction of sp³-hybridized carbons (Fsp3) is 0.0667. The van der Waals surface area contributed by atoms with Crippen molar-refractivity contribution in [3.63, 3.8) is 0 Å². The minimum atomic E-state index is -0.401. The van der Waals surface area contributed by atoms with E-state index in [0.717, 1.165) is 5.39 Å². The van der Waals surface area contributed by atoms with Gasteiger partial charge in [0.25, 0.3) is 5.91 Å². The number of ether oxygens (including phenoxy) is 1. The highest BCUT2D eigenvalue weighted by molar-refractivity contribution is 7.08. The maximum Gasteiger partial charge on any atom is 0.336 e. The normalized spacial score (nSPS) is 10.5. The first-order valence-electron chi connectivity index (χ1n) is 6.13. The van der Waals surface area contributed by atoms with E-state index in [1.807, 2.05) is 0 Å². The molecule has 2 heterocycles. The summed E-state index contributed by atoms with van der Waals surface area (Å²) in [6.45, 7) is 0. The predicted molar refractivity (Wildman–Crippen MR) is 81.3 cm³/mol. The maximum absolute atomic E-state index is 12.2. The summed E-state index contributed by atoms with van der Waals surface area (Å²) in [6.07, 6.45) is 0. The molecule has 6 heteroatoms. The number of thiophene rings is 1. The number of carbonyl (C=O) groups excluding carboxylic acids is 1. The smallest absolute Gasteiger partial charge is 0.336 e. The van der Waals surface area contributed by atoms with Gasteiger partial charge in [0.05, 0.1) is 12.7 Å². The van der Waals surface area contributed by atoms with Crippen molar-refractivity contribution < 1.29 is 13.9 Å². The van der Waals surface area contributed by atoms with Crippen LogP contribution in [0.5, 0.6) is 5.75 Å². The van der Waals surface area contributed by atoms with E-state index in [-0.39, 0.29) is 5.91 Å². The molecule has 0 atom stereocenters. The van der Waals surface area contributed by atoms with Crippen LogP contribution in [0.2, 0.25) is 0 Å². The van der Waals surface area contributed by atoms with E-state index < -0.39 is 5.63 Å². The number of hydrogen-bond acceptors (Lipinski definition) is 5. The minimum absolute atomic E-state index is 0.246. The number of amides is 1. The number of anilines is 1. The Labute approximate surface area is 123 Å². The summed E-state index contributed by atoms with van der Waals surface area (Å²) in [6, 6.07) is 8.08. The average molecular weight is 301 g/mol. The number of fused-ring (bicyclic) bond motifs is 1. The van der Waals surface area contributed by atoms with Gasteiger partial charge in [0.15, 0.2) is 0 Å². The van der Waals surface area contributed by atoms with Crippen molar-refractivity contribution in [3.05, 3.63) is 57.1 Å². The van der Waals surface area contributed by atoms with Gasteiger partial charge in [-0.3, -0.25) is 4.79 Å². The topological polar surface area (TPSA) is 68.5 Å². The van der Waals surface area contributed by atoms with Crippen LogP contribution in [0, 0.1) is 0 Å². The molecule has 3 aromatic rings. The number of methoxy groups -OCH3 is 1. The van der Waals surface area contributed by atoms with Crippen molar-refractivity contribution in [1.82, 2.24) is 0 Å². The summed E-state index contributed by atoms with van der Waals surface area (Å²) in [5.41, 5.74) is 1.19. The Kier molecular flexibility index (Phi) is 3.45. The van der Waals surface area contributed by atoms with Crippen LogP contribution in [0.3, 0.4) is 0 Å². The monoisotopic (exact) mass is 301 g/mol. The van der Waals surface area contributed by atoms with Crippen LogP contribution < -0.4 is 15.7 Å². The molecule has 0 bridgehead atoms.